The highest BCUT2D eigenvalue weighted by molar-refractivity contribution is 5.79. The summed E-state index contributed by atoms with van der Waals surface area (Å²) in [4.78, 5) is 26.2. The molecule has 0 saturated carbocycles. The van der Waals surface area contributed by atoms with E-state index in [1.807, 2.05) is 51.1 Å². The van der Waals surface area contributed by atoms with E-state index in [2.05, 4.69) is 5.32 Å². The number of hydrogen-bond acceptors (Lipinski definition) is 3. The van der Waals surface area contributed by atoms with Crippen LogP contribution in [0.3, 0.4) is 0 Å². The monoisotopic (exact) mass is 332 g/mol. The molecule has 0 radical (unpaired) electrons. The minimum Gasteiger partial charge on any atom is -0.444 e. The number of carbonyl (C=O) groups is 2. The van der Waals surface area contributed by atoms with Crippen LogP contribution in [0, 0.1) is 0 Å². The molecule has 2 amide bonds. The normalized spacial score (nSPS) is 18.6. The van der Waals surface area contributed by atoms with E-state index < -0.39 is 5.60 Å². The molecule has 1 fully saturated rings. The van der Waals surface area contributed by atoms with Gasteiger partial charge in [0.15, 0.2) is 0 Å². The minimum atomic E-state index is -0.505. The molecule has 1 aliphatic heterocycles. The Labute approximate surface area is 144 Å². The number of carbonyl (C=O) groups excluding carboxylic acids is 2. The molecule has 1 aliphatic rings. The molecule has 0 aromatic heterocycles. The zero-order valence-corrected chi connectivity index (χ0v) is 14.9. The largest absolute Gasteiger partial charge is 0.444 e. The van der Waals surface area contributed by atoms with Gasteiger partial charge in [-0.25, -0.2) is 4.79 Å². The maximum absolute atomic E-state index is 12.3. The fraction of sp³-hybridized carbons (Fsp3) is 0.579. The molecule has 2 rings (SSSR count). The van der Waals surface area contributed by atoms with E-state index >= 15 is 0 Å². The Balaban J connectivity index is 1.89. The Morgan fingerprint density at radius 2 is 1.92 bits per heavy atom. The molecule has 1 aromatic rings. The Bertz CT molecular complexity index is 551. The fourth-order valence-electron chi connectivity index (χ4n) is 2.81. The van der Waals surface area contributed by atoms with Crippen LogP contribution in [-0.4, -0.2) is 41.6 Å². The molecule has 1 aromatic carbocycles. The smallest absolute Gasteiger partial charge is 0.410 e. The van der Waals surface area contributed by atoms with Crippen LogP contribution in [0.4, 0.5) is 4.79 Å². The lowest BCUT2D eigenvalue weighted by Gasteiger charge is -2.28. The maximum Gasteiger partial charge on any atom is 0.410 e. The van der Waals surface area contributed by atoms with Crippen molar-refractivity contribution in [2.45, 2.75) is 58.1 Å². The lowest BCUT2D eigenvalue weighted by atomic mass is 10.1. The lowest BCUT2D eigenvalue weighted by molar-refractivity contribution is -0.121. The number of likely N-dealkylation sites (tertiary alicyclic amines) is 1. The molecular weight excluding hydrogens is 304 g/mol. The van der Waals surface area contributed by atoms with Gasteiger partial charge in [-0.3, -0.25) is 4.79 Å². The van der Waals surface area contributed by atoms with Crippen LogP contribution in [0.15, 0.2) is 30.3 Å². The van der Waals surface area contributed by atoms with Gasteiger partial charge < -0.3 is 15.0 Å². The summed E-state index contributed by atoms with van der Waals surface area (Å²) in [6, 6.07) is 9.66. The lowest BCUT2D eigenvalue weighted by Crippen LogP contribution is -2.46. The van der Waals surface area contributed by atoms with Gasteiger partial charge in [-0.15, -0.1) is 0 Å². The average molecular weight is 332 g/mol. The minimum absolute atomic E-state index is 0.00256. The van der Waals surface area contributed by atoms with Crippen molar-refractivity contribution in [3.05, 3.63) is 35.9 Å². The van der Waals surface area contributed by atoms with E-state index in [1.165, 1.54) is 0 Å². The summed E-state index contributed by atoms with van der Waals surface area (Å²) in [5.41, 5.74) is 0.489. The topological polar surface area (TPSA) is 58.6 Å². The van der Waals surface area contributed by atoms with Crippen LogP contribution in [-0.2, 0) is 16.0 Å². The first-order valence-corrected chi connectivity index (χ1v) is 8.65. The molecule has 24 heavy (non-hydrogen) atoms. The van der Waals surface area contributed by atoms with Crippen LogP contribution < -0.4 is 5.32 Å². The first kappa shape index (κ1) is 18.3. The van der Waals surface area contributed by atoms with Gasteiger partial charge in [0.2, 0.25) is 5.91 Å². The molecule has 0 aliphatic carbocycles. The summed E-state index contributed by atoms with van der Waals surface area (Å²) in [6.45, 7) is 6.78. The van der Waals surface area contributed by atoms with Gasteiger partial charge >= 0.3 is 6.09 Å². The summed E-state index contributed by atoms with van der Waals surface area (Å²) in [7, 11) is 0. The summed E-state index contributed by atoms with van der Waals surface area (Å²) >= 11 is 0. The number of rotatable bonds is 3. The third-order valence-electron chi connectivity index (χ3n) is 3.90. The third-order valence-corrected chi connectivity index (χ3v) is 3.90. The number of amides is 2. The number of hydrogen-bond donors (Lipinski definition) is 1. The Kier molecular flexibility index (Phi) is 6.23. The van der Waals surface area contributed by atoms with Crippen molar-refractivity contribution in [2.24, 2.45) is 0 Å². The molecule has 1 saturated heterocycles. The van der Waals surface area contributed by atoms with Crippen molar-refractivity contribution in [3.63, 3.8) is 0 Å². The third kappa shape index (κ3) is 6.22. The highest BCUT2D eigenvalue weighted by atomic mass is 16.6. The van der Waals surface area contributed by atoms with Crippen LogP contribution in [0.2, 0.25) is 0 Å². The van der Waals surface area contributed by atoms with Gasteiger partial charge in [-0.2, -0.15) is 0 Å². The van der Waals surface area contributed by atoms with E-state index in [0.29, 0.717) is 19.5 Å². The highest BCUT2D eigenvalue weighted by Gasteiger charge is 2.27. The maximum atomic E-state index is 12.3. The van der Waals surface area contributed by atoms with Crippen molar-refractivity contribution < 1.29 is 14.3 Å². The number of nitrogens with zero attached hydrogens (tertiary/aromatic N) is 1. The van der Waals surface area contributed by atoms with Crippen molar-refractivity contribution in [2.75, 3.05) is 13.1 Å². The molecule has 0 bridgehead atoms. The van der Waals surface area contributed by atoms with Gasteiger partial charge in [0, 0.05) is 19.1 Å². The second kappa shape index (κ2) is 8.18. The molecular formula is C19H28N2O3. The van der Waals surface area contributed by atoms with Gasteiger partial charge in [-0.05, 0) is 45.6 Å². The molecule has 0 spiro atoms. The molecule has 1 unspecified atom stereocenters. The number of ether oxygens (including phenoxy) is 1. The van der Waals surface area contributed by atoms with Crippen LogP contribution >= 0.6 is 0 Å². The van der Waals surface area contributed by atoms with E-state index in [4.69, 9.17) is 4.74 Å². The van der Waals surface area contributed by atoms with Gasteiger partial charge in [0.1, 0.15) is 5.60 Å². The zero-order valence-electron chi connectivity index (χ0n) is 14.9. The molecule has 1 N–H and O–H groups in total. The Morgan fingerprint density at radius 3 is 2.58 bits per heavy atom. The molecule has 132 valence electrons. The molecule has 5 nitrogen and oxygen atoms in total. The van der Waals surface area contributed by atoms with E-state index in [9.17, 15) is 9.59 Å². The molecule has 5 heteroatoms. The van der Waals surface area contributed by atoms with Crippen molar-refractivity contribution in [3.8, 4) is 0 Å². The standard InChI is InChI=1S/C19H28N2O3/c1-19(2,3)24-18(23)21-12-8-7-11-16(14-21)20-17(22)13-15-9-5-4-6-10-15/h4-6,9-10,16H,7-8,11-14H2,1-3H3,(H,20,22). The van der Waals surface area contributed by atoms with Crippen LogP contribution in [0.5, 0.6) is 0 Å². The van der Waals surface area contributed by atoms with Crippen molar-refractivity contribution in [1.82, 2.24) is 10.2 Å². The van der Waals surface area contributed by atoms with E-state index in [0.717, 1.165) is 24.8 Å². The van der Waals surface area contributed by atoms with Gasteiger partial charge in [-0.1, -0.05) is 30.3 Å². The first-order valence-electron chi connectivity index (χ1n) is 8.65. The second-order valence-corrected chi connectivity index (χ2v) is 7.35. The molecule has 1 atom stereocenters. The van der Waals surface area contributed by atoms with Crippen molar-refractivity contribution >= 4 is 12.0 Å². The van der Waals surface area contributed by atoms with Gasteiger partial charge in [0.25, 0.3) is 0 Å². The van der Waals surface area contributed by atoms with Crippen molar-refractivity contribution in [1.29, 1.82) is 0 Å². The number of nitrogens with one attached hydrogen (secondary N) is 1. The Hall–Kier alpha value is -2.04. The second-order valence-electron chi connectivity index (χ2n) is 7.35. The average Bonchev–Trinajstić information content (AvgIpc) is 2.72. The van der Waals surface area contributed by atoms with E-state index in [-0.39, 0.29) is 18.0 Å². The predicted molar refractivity (Wildman–Crippen MR) is 93.7 cm³/mol. The fourth-order valence-corrected chi connectivity index (χ4v) is 2.81. The highest BCUT2D eigenvalue weighted by Crippen LogP contribution is 2.15. The van der Waals surface area contributed by atoms with Gasteiger partial charge in [0.05, 0.1) is 6.42 Å². The van der Waals surface area contributed by atoms with Crippen LogP contribution in [0.1, 0.15) is 45.6 Å². The summed E-state index contributed by atoms with van der Waals surface area (Å²) in [5, 5.41) is 3.07. The molecule has 1 heterocycles. The van der Waals surface area contributed by atoms with Crippen LogP contribution in [0.25, 0.3) is 0 Å². The quantitative estimate of drug-likeness (QED) is 0.925. The first-order chi connectivity index (χ1) is 11.3. The number of benzene rings is 1. The summed E-state index contributed by atoms with van der Waals surface area (Å²) in [6.07, 6.45) is 2.88. The van der Waals surface area contributed by atoms with E-state index in [1.54, 1.807) is 4.90 Å². The SMILES string of the molecule is CC(C)(C)OC(=O)N1CCCCC(NC(=O)Cc2ccccc2)C1. The Morgan fingerprint density at radius 1 is 1.21 bits per heavy atom. The summed E-state index contributed by atoms with van der Waals surface area (Å²) in [5.74, 6) is -0.00256. The zero-order chi connectivity index (χ0) is 17.6. The summed E-state index contributed by atoms with van der Waals surface area (Å²) < 4.78 is 5.46. The predicted octanol–water partition coefficient (Wildman–Crippen LogP) is 3.13.